The summed E-state index contributed by atoms with van der Waals surface area (Å²) in [6.07, 6.45) is 1.45. The van der Waals surface area contributed by atoms with E-state index in [2.05, 4.69) is 10.5 Å². The third-order valence-electron chi connectivity index (χ3n) is 4.55. The molecule has 3 rings (SSSR count). The second-order valence-electron chi connectivity index (χ2n) is 6.82. The molecule has 0 aliphatic carbocycles. The van der Waals surface area contributed by atoms with Gasteiger partial charge in [0.2, 0.25) is 0 Å². The van der Waals surface area contributed by atoms with Gasteiger partial charge in [0.15, 0.2) is 0 Å². The summed E-state index contributed by atoms with van der Waals surface area (Å²) in [5.41, 5.74) is 3.46. The van der Waals surface area contributed by atoms with Crippen LogP contribution in [0.25, 0.3) is 0 Å². The van der Waals surface area contributed by atoms with Crippen LogP contribution < -0.4 is 19.2 Å². The van der Waals surface area contributed by atoms with E-state index in [4.69, 9.17) is 9.47 Å². The topological polar surface area (TPSA) is 97.3 Å². The van der Waals surface area contributed by atoms with Gasteiger partial charge >= 0.3 is 0 Å². The molecule has 0 saturated carbocycles. The Labute approximate surface area is 193 Å². The third kappa shape index (κ3) is 6.33. The van der Waals surface area contributed by atoms with Crippen LogP contribution in [0.15, 0.2) is 88.9 Å². The van der Waals surface area contributed by atoms with E-state index in [9.17, 15) is 13.2 Å². The van der Waals surface area contributed by atoms with Crippen molar-refractivity contribution in [3.05, 3.63) is 84.4 Å². The highest BCUT2D eigenvalue weighted by Crippen LogP contribution is 2.25. The first-order valence-electron chi connectivity index (χ1n) is 10.2. The molecule has 0 radical (unpaired) electrons. The van der Waals surface area contributed by atoms with Gasteiger partial charge in [-0.15, -0.1) is 0 Å². The Morgan fingerprint density at radius 2 is 1.73 bits per heavy atom. The fourth-order valence-electron chi connectivity index (χ4n) is 2.98. The van der Waals surface area contributed by atoms with Crippen LogP contribution in [0.4, 0.5) is 5.69 Å². The van der Waals surface area contributed by atoms with E-state index in [1.807, 2.05) is 6.92 Å². The zero-order valence-corrected chi connectivity index (χ0v) is 19.2. The molecule has 0 bridgehead atoms. The Kier molecular flexibility index (Phi) is 8.04. The molecule has 0 saturated heterocycles. The Morgan fingerprint density at radius 1 is 1.00 bits per heavy atom. The van der Waals surface area contributed by atoms with E-state index < -0.39 is 22.5 Å². The molecule has 0 heterocycles. The number of ether oxygens (including phenoxy) is 2. The molecule has 3 aromatic rings. The summed E-state index contributed by atoms with van der Waals surface area (Å²) in [6.45, 7) is 1.87. The summed E-state index contributed by atoms with van der Waals surface area (Å²) >= 11 is 0. The summed E-state index contributed by atoms with van der Waals surface area (Å²) in [7, 11) is -2.46. The van der Waals surface area contributed by atoms with Crippen molar-refractivity contribution < 1.29 is 22.7 Å². The minimum absolute atomic E-state index is 0.0440. The van der Waals surface area contributed by atoms with Crippen molar-refractivity contribution in [3.8, 4) is 11.5 Å². The van der Waals surface area contributed by atoms with Gasteiger partial charge in [0, 0.05) is 0 Å². The number of carbonyl (C=O) groups is 1. The number of hydrogen-bond acceptors (Lipinski definition) is 6. The van der Waals surface area contributed by atoms with Gasteiger partial charge in [0.1, 0.15) is 18.0 Å². The average molecular weight is 468 g/mol. The van der Waals surface area contributed by atoms with Crippen molar-refractivity contribution in [3.63, 3.8) is 0 Å². The van der Waals surface area contributed by atoms with E-state index in [0.29, 0.717) is 23.8 Å². The SMILES string of the molecule is CCOc1ccc(S(=O)(=O)N(CC(=O)N/N=C\c2cccc(OC)c2)c2ccccc2)cc1. The normalized spacial score (nSPS) is 11.2. The van der Waals surface area contributed by atoms with Gasteiger partial charge in [-0.1, -0.05) is 30.3 Å². The molecule has 1 amide bonds. The molecule has 0 unspecified atom stereocenters. The second kappa shape index (κ2) is 11.1. The summed E-state index contributed by atoms with van der Waals surface area (Å²) in [5, 5.41) is 3.93. The van der Waals surface area contributed by atoms with E-state index >= 15 is 0 Å². The van der Waals surface area contributed by atoms with Crippen molar-refractivity contribution in [2.24, 2.45) is 5.10 Å². The van der Waals surface area contributed by atoms with Gasteiger partial charge in [0.25, 0.3) is 15.9 Å². The lowest BCUT2D eigenvalue weighted by Crippen LogP contribution is -2.39. The molecule has 3 aromatic carbocycles. The standard InChI is InChI=1S/C24H25N3O5S/c1-3-32-21-12-14-23(15-13-21)33(29,30)27(20-9-5-4-6-10-20)18-24(28)26-25-17-19-8-7-11-22(16-19)31-2/h4-17H,3,18H2,1-2H3,(H,26,28)/b25-17-. The zero-order chi connectivity index (χ0) is 23.7. The number of methoxy groups -OCH3 is 1. The Balaban J connectivity index is 1.79. The second-order valence-corrected chi connectivity index (χ2v) is 8.68. The van der Waals surface area contributed by atoms with Crippen LogP contribution in [0.1, 0.15) is 12.5 Å². The first-order chi connectivity index (χ1) is 15.9. The molecule has 0 fully saturated rings. The number of carbonyl (C=O) groups excluding carboxylic acids is 1. The summed E-state index contributed by atoms with van der Waals surface area (Å²) < 4.78 is 38.3. The number of nitrogens with zero attached hydrogens (tertiary/aromatic N) is 2. The lowest BCUT2D eigenvalue weighted by molar-refractivity contribution is -0.119. The fraction of sp³-hybridized carbons (Fsp3) is 0.167. The van der Waals surface area contributed by atoms with Crippen molar-refractivity contribution in [1.29, 1.82) is 0 Å². The van der Waals surface area contributed by atoms with Crippen LogP contribution in [-0.2, 0) is 14.8 Å². The van der Waals surface area contributed by atoms with E-state index in [1.165, 1.54) is 18.3 Å². The third-order valence-corrected chi connectivity index (χ3v) is 6.34. The first-order valence-corrected chi connectivity index (χ1v) is 11.6. The zero-order valence-electron chi connectivity index (χ0n) is 18.3. The molecule has 0 aliphatic rings. The number of anilines is 1. The molecule has 1 N–H and O–H groups in total. The lowest BCUT2D eigenvalue weighted by Gasteiger charge is -2.23. The van der Waals surface area contributed by atoms with E-state index in [0.717, 1.165) is 9.87 Å². The Morgan fingerprint density at radius 3 is 2.39 bits per heavy atom. The van der Waals surface area contributed by atoms with E-state index in [1.54, 1.807) is 73.8 Å². The van der Waals surface area contributed by atoms with Crippen LogP contribution >= 0.6 is 0 Å². The Bertz CT molecular complexity index is 1200. The van der Waals surface area contributed by atoms with Gasteiger partial charge in [-0.2, -0.15) is 5.10 Å². The maximum absolute atomic E-state index is 13.4. The molecule has 9 heteroatoms. The number of nitrogens with one attached hydrogen (secondary N) is 1. The minimum Gasteiger partial charge on any atom is -0.497 e. The van der Waals surface area contributed by atoms with Crippen LogP contribution in [-0.4, -0.2) is 40.8 Å². The molecular weight excluding hydrogens is 442 g/mol. The number of amides is 1. The molecule has 0 spiro atoms. The summed E-state index contributed by atoms with van der Waals surface area (Å²) in [5.74, 6) is 0.627. The van der Waals surface area contributed by atoms with Gasteiger partial charge in [-0.25, -0.2) is 13.8 Å². The maximum atomic E-state index is 13.4. The van der Waals surface area contributed by atoms with Crippen molar-refractivity contribution >= 4 is 27.8 Å². The highest BCUT2D eigenvalue weighted by molar-refractivity contribution is 7.92. The largest absolute Gasteiger partial charge is 0.497 e. The van der Waals surface area contributed by atoms with Gasteiger partial charge < -0.3 is 9.47 Å². The molecule has 0 aliphatic heterocycles. The summed E-state index contributed by atoms with van der Waals surface area (Å²) in [4.78, 5) is 12.6. The van der Waals surface area contributed by atoms with Crippen molar-refractivity contribution in [1.82, 2.24) is 5.43 Å². The predicted molar refractivity (Wildman–Crippen MR) is 127 cm³/mol. The predicted octanol–water partition coefficient (Wildman–Crippen LogP) is 3.44. The van der Waals surface area contributed by atoms with Gasteiger partial charge in [0.05, 0.1) is 30.5 Å². The smallest absolute Gasteiger partial charge is 0.264 e. The van der Waals surface area contributed by atoms with Gasteiger partial charge in [-0.3, -0.25) is 9.10 Å². The number of rotatable bonds is 10. The first kappa shape index (κ1) is 23.8. The number of benzene rings is 3. The monoisotopic (exact) mass is 467 g/mol. The van der Waals surface area contributed by atoms with Crippen LogP contribution in [0.2, 0.25) is 0 Å². The molecular formula is C24H25N3O5S. The Hall–Kier alpha value is -3.85. The minimum atomic E-state index is -4.02. The quantitative estimate of drug-likeness (QED) is 0.364. The summed E-state index contributed by atoms with van der Waals surface area (Å²) in [6, 6.07) is 21.6. The van der Waals surface area contributed by atoms with Crippen LogP contribution in [0.3, 0.4) is 0 Å². The number of para-hydroxylation sites is 1. The highest BCUT2D eigenvalue weighted by atomic mass is 32.2. The van der Waals surface area contributed by atoms with Crippen LogP contribution in [0.5, 0.6) is 11.5 Å². The van der Waals surface area contributed by atoms with Crippen LogP contribution in [0, 0.1) is 0 Å². The number of hydrazone groups is 1. The molecule has 8 nitrogen and oxygen atoms in total. The van der Waals surface area contributed by atoms with E-state index in [-0.39, 0.29) is 4.90 Å². The number of sulfonamides is 1. The van der Waals surface area contributed by atoms with Crippen molar-refractivity contribution in [2.75, 3.05) is 24.6 Å². The van der Waals surface area contributed by atoms with Gasteiger partial charge in [-0.05, 0) is 61.0 Å². The lowest BCUT2D eigenvalue weighted by atomic mass is 10.2. The molecule has 0 atom stereocenters. The molecule has 0 aromatic heterocycles. The highest BCUT2D eigenvalue weighted by Gasteiger charge is 2.27. The molecule has 172 valence electrons. The fourth-order valence-corrected chi connectivity index (χ4v) is 4.40. The molecule has 33 heavy (non-hydrogen) atoms. The maximum Gasteiger partial charge on any atom is 0.264 e. The average Bonchev–Trinajstić information content (AvgIpc) is 2.84. The van der Waals surface area contributed by atoms with Crippen molar-refractivity contribution in [2.45, 2.75) is 11.8 Å². The number of hydrogen-bond donors (Lipinski definition) is 1.